The third kappa shape index (κ3) is 2.93. The third-order valence-electron chi connectivity index (χ3n) is 3.03. The fourth-order valence-electron chi connectivity index (χ4n) is 2.00. The zero-order chi connectivity index (χ0) is 15.8. The number of carbonyl (C=O) groups is 2. The highest BCUT2D eigenvalue weighted by Crippen LogP contribution is 2.31. The van der Waals surface area contributed by atoms with Gasteiger partial charge >= 0.3 is 6.18 Å². The number of aromatic nitrogens is 1. The van der Waals surface area contributed by atoms with Crippen LogP contribution in [0.4, 0.5) is 17.6 Å². The summed E-state index contributed by atoms with van der Waals surface area (Å²) in [6, 6.07) is 0.872. The average molecular weight is 302 g/mol. The lowest BCUT2D eigenvalue weighted by Gasteiger charge is -2.28. The number of hydrogen-bond acceptors (Lipinski definition) is 3. The van der Waals surface area contributed by atoms with E-state index in [-0.39, 0.29) is 30.9 Å². The second-order valence-corrected chi connectivity index (χ2v) is 4.51. The Morgan fingerprint density at radius 1 is 1.38 bits per heavy atom. The number of piperidine rings is 1. The van der Waals surface area contributed by atoms with Crippen molar-refractivity contribution in [3.8, 4) is 0 Å². The van der Waals surface area contributed by atoms with E-state index in [9.17, 15) is 27.2 Å². The first-order valence-electron chi connectivity index (χ1n) is 5.95. The standard InChI is InChI=1S/C13H10F4N2O2/c1-7-6-8(20)3-5-19(7)12(21)9-2-4-18-11(10(9)14)13(15,16)17/h2,4H,1,3,5-6H2. The lowest BCUT2D eigenvalue weighted by molar-refractivity contribution is -0.143. The van der Waals surface area contributed by atoms with Crippen LogP contribution in [-0.2, 0) is 11.0 Å². The molecule has 1 fully saturated rings. The average Bonchev–Trinajstić information content (AvgIpc) is 2.37. The molecule has 0 spiro atoms. The molecular weight excluding hydrogens is 292 g/mol. The van der Waals surface area contributed by atoms with Crippen LogP contribution in [0.1, 0.15) is 28.9 Å². The zero-order valence-corrected chi connectivity index (χ0v) is 10.7. The largest absolute Gasteiger partial charge is 0.436 e. The molecule has 1 saturated heterocycles. The van der Waals surface area contributed by atoms with E-state index in [1.807, 2.05) is 0 Å². The van der Waals surface area contributed by atoms with Gasteiger partial charge in [-0.25, -0.2) is 9.37 Å². The highest BCUT2D eigenvalue weighted by atomic mass is 19.4. The van der Waals surface area contributed by atoms with Crippen molar-refractivity contribution in [1.82, 2.24) is 9.88 Å². The van der Waals surface area contributed by atoms with Crippen LogP contribution in [0.15, 0.2) is 24.5 Å². The SMILES string of the molecule is C=C1CC(=O)CCN1C(=O)c1ccnc(C(F)(F)F)c1F. The van der Waals surface area contributed by atoms with Crippen molar-refractivity contribution in [2.45, 2.75) is 19.0 Å². The van der Waals surface area contributed by atoms with E-state index in [1.54, 1.807) is 0 Å². The van der Waals surface area contributed by atoms with Crippen LogP contribution in [0.3, 0.4) is 0 Å². The summed E-state index contributed by atoms with van der Waals surface area (Å²) in [5, 5.41) is 0. The van der Waals surface area contributed by atoms with Gasteiger partial charge in [0.05, 0.1) is 5.56 Å². The summed E-state index contributed by atoms with van der Waals surface area (Å²) in [5.74, 6) is -2.81. The topological polar surface area (TPSA) is 50.3 Å². The summed E-state index contributed by atoms with van der Waals surface area (Å²) < 4.78 is 51.6. The summed E-state index contributed by atoms with van der Waals surface area (Å²) in [7, 11) is 0. The summed E-state index contributed by atoms with van der Waals surface area (Å²) in [4.78, 5) is 27.3. The first-order valence-corrected chi connectivity index (χ1v) is 5.95. The minimum Gasteiger partial charge on any atom is -0.312 e. The number of Topliss-reactive ketones (excluding diaryl/α,β-unsaturated/α-hetero) is 1. The molecule has 2 rings (SSSR count). The molecule has 0 saturated carbocycles. The van der Waals surface area contributed by atoms with Gasteiger partial charge in [0, 0.05) is 31.3 Å². The van der Waals surface area contributed by atoms with E-state index in [4.69, 9.17) is 0 Å². The minimum atomic E-state index is -4.99. The molecule has 1 amide bonds. The van der Waals surface area contributed by atoms with Crippen LogP contribution in [0.5, 0.6) is 0 Å². The van der Waals surface area contributed by atoms with Gasteiger partial charge in [0.25, 0.3) is 5.91 Å². The summed E-state index contributed by atoms with van der Waals surface area (Å²) in [6.45, 7) is 3.49. The number of amides is 1. The molecule has 8 heteroatoms. The predicted molar refractivity (Wildman–Crippen MR) is 63.6 cm³/mol. The van der Waals surface area contributed by atoms with Crippen molar-refractivity contribution >= 4 is 11.7 Å². The van der Waals surface area contributed by atoms with Gasteiger partial charge in [-0.15, -0.1) is 0 Å². The van der Waals surface area contributed by atoms with E-state index < -0.39 is 29.2 Å². The molecule has 1 aromatic heterocycles. The summed E-state index contributed by atoms with van der Waals surface area (Å²) in [5.41, 5.74) is -2.35. The molecule has 21 heavy (non-hydrogen) atoms. The number of carbonyl (C=O) groups excluding carboxylic acids is 2. The molecule has 0 bridgehead atoms. The molecule has 112 valence electrons. The van der Waals surface area contributed by atoms with Crippen LogP contribution in [-0.4, -0.2) is 28.1 Å². The molecule has 4 nitrogen and oxygen atoms in total. The van der Waals surface area contributed by atoms with Crippen molar-refractivity contribution in [3.63, 3.8) is 0 Å². The Hall–Kier alpha value is -2.25. The van der Waals surface area contributed by atoms with Gasteiger partial charge in [-0.2, -0.15) is 13.2 Å². The molecule has 0 aromatic carbocycles. The van der Waals surface area contributed by atoms with Gasteiger partial charge in [-0.05, 0) is 6.07 Å². The summed E-state index contributed by atoms with van der Waals surface area (Å²) in [6.07, 6.45) is -4.29. The maximum absolute atomic E-state index is 13.9. The van der Waals surface area contributed by atoms with Gasteiger partial charge in [-0.3, -0.25) is 9.59 Å². The third-order valence-corrected chi connectivity index (χ3v) is 3.03. The minimum absolute atomic E-state index is 0.0282. The molecule has 0 N–H and O–H groups in total. The van der Waals surface area contributed by atoms with Crippen LogP contribution >= 0.6 is 0 Å². The molecule has 1 aromatic rings. The van der Waals surface area contributed by atoms with Gasteiger partial charge in [0.2, 0.25) is 0 Å². The number of hydrogen-bond donors (Lipinski definition) is 0. The van der Waals surface area contributed by atoms with Crippen molar-refractivity contribution in [1.29, 1.82) is 0 Å². The lowest BCUT2D eigenvalue weighted by Crippen LogP contribution is -2.37. The smallest absolute Gasteiger partial charge is 0.312 e. The molecule has 0 atom stereocenters. The fraction of sp³-hybridized carbons (Fsp3) is 0.308. The van der Waals surface area contributed by atoms with E-state index in [2.05, 4.69) is 11.6 Å². The number of ketones is 1. The second-order valence-electron chi connectivity index (χ2n) is 4.51. The van der Waals surface area contributed by atoms with Gasteiger partial charge in [0.1, 0.15) is 5.78 Å². The maximum Gasteiger partial charge on any atom is 0.436 e. The van der Waals surface area contributed by atoms with Crippen molar-refractivity contribution < 1.29 is 27.2 Å². The van der Waals surface area contributed by atoms with E-state index in [0.717, 1.165) is 17.2 Å². The Balaban J connectivity index is 2.36. The predicted octanol–water partition coefficient (Wildman–Crippen LogP) is 2.56. The number of allylic oxidation sites excluding steroid dienone is 1. The monoisotopic (exact) mass is 302 g/mol. The van der Waals surface area contributed by atoms with E-state index >= 15 is 0 Å². The molecule has 0 radical (unpaired) electrons. The summed E-state index contributed by atoms with van der Waals surface area (Å²) >= 11 is 0. The first-order chi connectivity index (χ1) is 9.71. The van der Waals surface area contributed by atoms with Crippen molar-refractivity contribution in [3.05, 3.63) is 41.6 Å². The quantitative estimate of drug-likeness (QED) is 0.749. The van der Waals surface area contributed by atoms with Crippen LogP contribution < -0.4 is 0 Å². The number of alkyl halides is 3. The second kappa shape index (κ2) is 5.27. The van der Waals surface area contributed by atoms with Crippen LogP contribution in [0, 0.1) is 5.82 Å². The van der Waals surface area contributed by atoms with Crippen molar-refractivity contribution in [2.75, 3.05) is 6.54 Å². The Morgan fingerprint density at radius 2 is 2.05 bits per heavy atom. The molecule has 1 aliphatic heterocycles. The molecular formula is C13H10F4N2O2. The number of nitrogens with zero attached hydrogens (tertiary/aromatic N) is 2. The van der Waals surface area contributed by atoms with E-state index in [1.165, 1.54) is 0 Å². The maximum atomic E-state index is 13.9. The lowest BCUT2D eigenvalue weighted by atomic mass is 10.0. The van der Waals surface area contributed by atoms with Gasteiger partial charge in [0.15, 0.2) is 11.5 Å². The molecule has 2 heterocycles. The molecule has 1 aliphatic rings. The Bertz CT molecular complexity index is 625. The fourth-order valence-corrected chi connectivity index (χ4v) is 2.00. The van der Waals surface area contributed by atoms with Crippen LogP contribution in [0.25, 0.3) is 0 Å². The number of likely N-dealkylation sites (tertiary alicyclic amines) is 1. The van der Waals surface area contributed by atoms with Gasteiger partial charge < -0.3 is 4.90 Å². The zero-order valence-electron chi connectivity index (χ0n) is 10.7. The Morgan fingerprint density at radius 3 is 2.62 bits per heavy atom. The Labute approximate surface area is 117 Å². The number of halogens is 4. The number of rotatable bonds is 1. The molecule has 0 aliphatic carbocycles. The van der Waals surface area contributed by atoms with Gasteiger partial charge in [-0.1, -0.05) is 6.58 Å². The molecule has 0 unspecified atom stereocenters. The highest BCUT2D eigenvalue weighted by molar-refractivity contribution is 5.97. The highest BCUT2D eigenvalue weighted by Gasteiger charge is 2.38. The Kier molecular flexibility index (Phi) is 3.80. The van der Waals surface area contributed by atoms with E-state index in [0.29, 0.717) is 0 Å². The van der Waals surface area contributed by atoms with Crippen LogP contribution in [0.2, 0.25) is 0 Å². The normalized spacial score (nSPS) is 16.3. The number of pyridine rings is 1. The van der Waals surface area contributed by atoms with Crippen molar-refractivity contribution in [2.24, 2.45) is 0 Å². The first kappa shape index (κ1) is 15.1.